The van der Waals surface area contributed by atoms with E-state index in [0.29, 0.717) is 19.4 Å². The van der Waals surface area contributed by atoms with Crippen LogP contribution in [-0.2, 0) is 32.3 Å². The van der Waals surface area contributed by atoms with E-state index < -0.39 is 48.6 Å². The third-order valence-electron chi connectivity index (χ3n) is 12.1. The molecule has 0 aromatic carbocycles. The highest BCUT2D eigenvalue weighted by Gasteiger charge is 2.49. The third kappa shape index (κ3) is 14.0. The number of hydrogen-bond acceptors (Lipinski definition) is 7. The van der Waals surface area contributed by atoms with Gasteiger partial charge in [-0.25, -0.2) is 0 Å². The Kier molecular flexibility index (Phi) is 19.7. The monoisotopic (exact) mass is 746 g/mol. The molecule has 0 spiro atoms. The highest BCUT2D eigenvalue weighted by atomic mass is 28.4. The number of hydrogen-bond donors (Lipinski definition) is 1. The Morgan fingerprint density at radius 3 is 1.67 bits per heavy atom. The van der Waals surface area contributed by atoms with Gasteiger partial charge in [-0.3, -0.25) is 4.79 Å². The zero-order valence-corrected chi connectivity index (χ0v) is 38.1. The fraction of sp³-hybridized carbons (Fsp3) is 0.895. The Hall–Kier alpha value is -0.669. The minimum absolute atomic E-state index is 0.0793. The first-order valence-corrected chi connectivity index (χ1v) is 27.0. The van der Waals surface area contributed by atoms with Gasteiger partial charge in [-0.1, -0.05) is 89.2 Å². The van der Waals surface area contributed by atoms with Crippen LogP contribution in [0.5, 0.6) is 0 Å². The maximum absolute atomic E-state index is 13.9. The molecular weight excluding hydrogens is 667 g/mol. The molecule has 0 aliphatic rings. The van der Waals surface area contributed by atoms with Gasteiger partial charge in [-0.2, -0.15) is 0 Å². The predicted molar refractivity (Wildman–Crippen MR) is 214 cm³/mol. The smallest absolute Gasteiger partial charge is 0.223 e. The molecule has 6 atom stereocenters. The SMILES string of the molecule is C=CC[C@H](OC)[C@@H](C=O)NC(=O)C[C@H](O[Si](C)(C)C(C)(C)C)C(C)(C)[C@H](C[C@H](OC)[C@@H](C)CO[Si](C)(C)C(C)(C)C)O[Si](CC)(CC)CC. The van der Waals surface area contributed by atoms with Crippen molar-refractivity contribution in [3.05, 3.63) is 12.7 Å². The van der Waals surface area contributed by atoms with Gasteiger partial charge in [0.15, 0.2) is 25.0 Å². The maximum atomic E-state index is 13.9. The lowest BCUT2D eigenvalue weighted by atomic mass is 9.76. The summed E-state index contributed by atoms with van der Waals surface area (Å²) in [5, 5.41) is 2.99. The molecule has 0 unspecified atom stereocenters. The highest BCUT2D eigenvalue weighted by molar-refractivity contribution is 6.74. The van der Waals surface area contributed by atoms with Crippen LogP contribution in [0.3, 0.4) is 0 Å². The molecule has 49 heavy (non-hydrogen) atoms. The van der Waals surface area contributed by atoms with Gasteiger partial charge in [0, 0.05) is 32.2 Å². The van der Waals surface area contributed by atoms with Gasteiger partial charge in [0.2, 0.25) is 5.91 Å². The number of carbonyl (C=O) groups is 2. The van der Waals surface area contributed by atoms with Crippen LogP contribution in [0.15, 0.2) is 12.7 Å². The zero-order chi connectivity index (χ0) is 38.6. The fourth-order valence-electron chi connectivity index (χ4n) is 5.62. The van der Waals surface area contributed by atoms with Crippen molar-refractivity contribution >= 4 is 37.1 Å². The van der Waals surface area contributed by atoms with Crippen LogP contribution in [0.2, 0.25) is 54.4 Å². The molecule has 0 bridgehead atoms. The second kappa shape index (κ2) is 20.0. The van der Waals surface area contributed by atoms with E-state index in [0.717, 1.165) is 24.4 Å². The Morgan fingerprint density at radius 1 is 0.796 bits per heavy atom. The van der Waals surface area contributed by atoms with Crippen LogP contribution in [-0.4, -0.2) is 88.4 Å². The summed E-state index contributed by atoms with van der Waals surface area (Å²) in [6.45, 7) is 40.2. The summed E-state index contributed by atoms with van der Waals surface area (Å²) in [6, 6.07) is 2.22. The number of amides is 1. The van der Waals surface area contributed by atoms with E-state index >= 15 is 0 Å². The normalized spacial score (nSPS) is 17.5. The van der Waals surface area contributed by atoms with E-state index in [1.165, 1.54) is 0 Å². The third-order valence-corrected chi connectivity index (χ3v) is 25.7. The van der Waals surface area contributed by atoms with E-state index in [-0.39, 0.29) is 40.5 Å². The van der Waals surface area contributed by atoms with Crippen LogP contribution in [0, 0.1) is 11.3 Å². The van der Waals surface area contributed by atoms with Gasteiger partial charge < -0.3 is 32.9 Å². The van der Waals surface area contributed by atoms with Crippen LogP contribution < -0.4 is 5.32 Å². The molecule has 0 heterocycles. The van der Waals surface area contributed by atoms with Crippen molar-refractivity contribution in [2.45, 2.75) is 187 Å². The molecule has 0 saturated carbocycles. The lowest BCUT2D eigenvalue weighted by molar-refractivity contribution is -0.131. The molecule has 0 saturated heterocycles. The molecule has 290 valence electrons. The van der Waals surface area contributed by atoms with Crippen molar-refractivity contribution in [1.82, 2.24) is 5.32 Å². The van der Waals surface area contributed by atoms with E-state index in [1.54, 1.807) is 20.3 Å². The largest absolute Gasteiger partial charge is 0.416 e. The van der Waals surface area contributed by atoms with E-state index in [9.17, 15) is 9.59 Å². The summed E-state index contributed by atoms with van der Waals surface area (Å²) in [6.07, 6.45) is 2.31. The predicted octanol–water partition coefficient (Wildman–Crippen LogP) is 9.52. The summed E-state index contributed by atoms with van der Waals surface area (Å²) in [7, 11) is -3.10. The number of aldehydes is 1. The van der Waals surface area contributed by atoms with Gasteiger partial charge >= 0.3 is 0 Å². The zero-order valence-electron chi connectivity index (χ0n) is 35.1. The highest BCUT2D eigenvalue weighted by Crippen LogP contribution is 2.44. The maximum Gasteiger partial charge on any atom is 0.223 e. The summed E-state index contributed by atoms with van der Waals surface area (Å²) in [5.41, 5.74) is -0.583. The number of nitrogens with one attached hydrogen (secondary N) is 1. The first-order chi connectivity index (χ1) is 22.3. The van der Waals surface area contributed by atoms with Crippen LogP contribution in [0.4, 0.5) is 0 Å². The quantitative estimate of drug-likeness (QED) is 0.0598. The van der Waals surface area contributed by atoms with Gasteiger partial charge in [0.25, 0.3) is 0 Å². The number of methoxy groups -OCH3 is 2. The average Bonchev–Trinajstić information content (AvgIpc) is 3.00. The standard InChI is InChI=1S/C38H79NO7Si3/c1-20-24-31(42-14)30(27-40)39-35(41)26-34(45-48(18,19)37(9,10)11)38(12,13)33(46-49(21-2,22-3)23-4)25-32(43-15)29(5)28-44-47(16,17)36(6,7)8/h20,27,29-34H,1,21-26,28H2,2-19H3,(H,39,41)/t29-,30+,31-,32-,33-,34-/m0/s1. The molecule has 0 aromatic heterocycles. The molecule has 0 rings (SSSR count). The van der Waals surface area contributed by atoms with Crippen molar-refractivity contribution in [3.8, 4) is 0 Å². The van der Waals surface area contributed by atoms with Crippen LogP contribution in [0.25, 0.3) is 0 Å². The molecule has 0 radical (unpaired) electrons. The van der Waals surface area contributed by atoms with Crippen molar-refractivity contribution in [3.63, 3.8) is 0 Å². The molecule has 0 fully saturated rings. The van der Waals surface area contributed by atoms with Crippen molar-refractivity contribution in [1.29, 1.82) is 0 Å². The molecular formula is C38H79NO7Si3. The summed E-state index contributed by atoms with van der Waals surface area (Å²) >= 11 is 0. The van der Waals surface area contributed by atoms with E-state index in [1.807, 2.05) is 0 Å². The summed E-state index contributed by atoms with van der Waals surface area (Å²) < 4.78 is 33.1. The van der Waals surface area contributed by atoms with Crippen molar-refractivity contribution in [2.75, 3.05) is 20.8 Å². The summed E-state index contributed by atoms with van der Waals surface area (Å²) in [5.74, 6) is -0.114. The number of rotatable bonds is 24. The summed E-state index contributed by atoms with van der Waals surface area (Å²) in [4.78, 5) is 26.0. The second-order valence-electron chi connectivity index (χ2n) is 17.8. The van der Waals surface area contributed by atoms with Gasteiger partial charge in [-0.05, 0) is 67.2 Å². The lowest BCUT2D eigenvalue weighted by Crippen LogP contribution is -2.56. The molecule has 0 aliphatic carbocycles. The molecule has 8 nitrogen and oxygen atoms in total. The Morgan fingerprint density at radius 2 is 1.29 bits per heavy atom. The number of ether oxygens (including phenoxy) is 2. The average molecular weight is 746 g/mol. The van der Waals surface area contributed by atoms with Crippen LogP contribution >= 0.6 is 0 Å². The number of carbonyl (C=O) groups excluding carboxylic acids is 2. The van der Waals surface area contributed by atoms with Gasteiger partial charge in [0.05, 0.1) is 30.8 Å². The minimum atomic E-state index is -2.36. The van der Waals surface area contributed by atoms with Crippen LogP contribution in [0.1, 0.15) is 102 Å². The Bertz CT molecular complexity index is 994. The van der Waals surface area contributed by atoms with Gasteiger partial charge in [-0.15, -0.1) is 6.58 Å². The molecule has 0 aromatic rings. The van der Waals surface area contributed by atoms with E-state index in [4.69, 9.17) is 22.8 Å². The molecule has 1 amide bonds. The Labute approximate surface area is 306 Å². The second-order valence-corrected chi connectivity index (χ2v) is 32.1. The molecule has 1 N–H and O–H groups in total. The van der Waals surface area contributed by atoms with E-state index in [2.05, 4.69) is 121 Å². The first kappa shape index (κ1) is 48.3. The first-order valence-electron chi connectivity index (χ1n) is 18.7. The topological polar surface area (TPSA) is 92.3 Å². The van der Waals surface area contributed by atoms with Crippen molar-refractivity contribution in [2.24, 2.45) is 11.3 Å². The lowest BCUT2D eigenvalue weighted by Gasteiger charge is -2.49. The van der Waals surface area contributed by atoms with Gasteiger partial charge in [0.1, 0.15) is 12.3 Å². The fourth-order valence-corrected chi connectivity index (χ4v) is 11.2. The minimum Gasteiger partial charge on any atom is -0.416 e. The molecule has 11 heteroatoms. The Balaban J connectivity index is 6.96. The molecule has 0 aliphatic heterocycles. The van der Waals surface area contributed by atoms with Crippen molar-refractivity contribution < 1.29 is 32.3 Å².